The fraction of sp³-hybridized carbons (Fsp3) is 0.167. The van der Waals surface area contributed by atoms with Gasteiger partial charge in [-0.2, -0.15) is 0 Å². The zero-order chi connectivity index (χ0) is 15.8. The van der Waals surface area contributed by atoms with Crippen molar-refractivity contribution in [2.45, 2.75) is 6.61 Å². The van der Waals surface area contributed by atoms with Crippen molar-refractivity contribution in [3.63, 3.8) is 0 Å². The molecule has 114 valence electrons. The van der Waals surface area contributed by atoms with Gasteiger partial charge >= 0.3 is 0 Å². The van der Waals surface area contributed by atoms with Crippen molar-refractivity contribution in [1.82, 2.24) is 5.32 Å². The van der Waals surface area contributed by atoms with Crippen LogP contribution in [0.1, 0.15) is 15.9 Å². The summed E-state index contributed by atoms with van der Waals surface area (Å²) in [5, 5.41) is 2.72. The second kappa shape index (κ2) is 7.88. The first kappa shape index (κ1) is 15.6. The van der Waals surface area contributed by atoms with E-state index in [0.717, 1.165) is 5.56 Å². The minimum atomic E-state index is -0.173. The number of benzene rings is 2. The summed E-state index contributed by atoms with van der Waals surface area (Å²) in [6.07, 6.45) is 1.63. The highest BCUT2D eigenvalue weighted by atomic mass is 16.5. The molecule has 0 aromatic heterocycles. The van der Waals surface area contributed by atoms with Crippen LogP contribution >= 0.6 is 0 Å². The van der Waals surface area contributed by atoms with Crippen molar-refractivity contribution >= 4 is 5.91 Å². The van der Waals surface area contributed by atoms with E-state index in [9.17, 15) is 4.79 Å². The molecule has 0 aliphatic heterocycles. The van der Waals surface area contributed by atoms with Crippen LogP contribution < -0.4 is 14.8 Å². The van der Waals surface area contributed by atoms with Gasteiger partial charge in [0.15, 0.2) is 11.5 Å². The smallest absolute Gasteiger partial charge is 0.251 e. The molecule has 0 aliphatic carbocycles. The zero-order valence-electron chi connectivity index (χ0n) is 12.5. The maximum atomic E-state index is 11.9. The van der Waals surface area contributed by atoms with E-state index in [2.05, 4.69) is 11.9 Å². The Labute approximate surface area is 130 Å². The molecule has 0 atom stereocenters. The number of nitrogens with one attached hydrogen (secondary N) is 1. The fourth-order valence-corrected chi connectivity index (χ4v) is 1.93. The monoisotopic (exact) mass is 297 g/mol. The number of carbonyl (C=O) groups is 1. The summed E-state index contributed by atoms with van der Waals surface area (Å²) in [6.45, 7) is 4.44. The van der Waals surface area contributed by atoms with Crippen LogP contribution in [0, 0.1) is 0 Å². The molecule has 0 bridgehead atoms. The van der Waals surface area contributed by atoms with Crippen molar-refractivity contribution in [2.24, 2.45) is 0 Å². The second-order valence-electron chi connectivity index (χ2n) is 4.64. The highest BCUT2D eigenvalue weighted by Gasteiger charge is 2.10. The van der Waals surface area contributed by atoms with Crippen LogP contribution in [-0.4, -0.2) is 19.6 Å². The molecule has 2 rings (SSSR count). The summed E-state index contributed by atoms with van der Waals surface area (Å²) < 4.78 is 11.1. The summed E-state index contributed by atoms with van der Waals surface area (Å²) in [5.41, 5.74) is 1.59. The molecule has 0 saturated heterocycles. The largest absolute Gasteiger partial charge is 0.493 e. The van der Waals surface area contributed by atoms with E-state index in [1.807, 2.05) is 30.3 Å². The molecule has 0 aliphatic rings. The van der Waals surface area contributed by atoms with Crippen molar-refractivity contribution in [3.8, 4) is 11.5 Å². The molecule has 0 saturated carbocycles. The van der Waals surface area contributed by atoms with Gasteiger partial charge in [0.25, 0.3) is 5.91 Å². The van der Waals surface area contributed by atoms with Crippen molar-refractivity contribution in [2.75, 3.05) is 13.7 Å². The lowest BCUT2D eigenvalue weighted by Crippen LogP contribution is -2.23. The first-order valence-corrected chi connectivity index (χ1v) is 6.98. The number of carbonyl (C=O) groups excluding carboxylic acids is 1. The predicted molar refractivity (Wildman–Crippen MR) is 86.3 cm³/mol. The number of amides is 1. The topological polar surface area (TPSA) is 47.6 Å². The van der Waals surface area contributed by atoms with E-state index in [1.54, 1.807) is 31.4 Å². The molecular weight excluding hydrogens is 278 g/mol. The highest BCUT2D eigenvalue weighted by Crippen LogP contribution is 2.28. The second-order valence-corrected chi connectivity index (χ2v) is 4.64. The van der Waals surface area contributed by atoms with Crippen molar-refractivity contribution in [3.05, 3.63) is 72.3 Å². The Balaban J connectivity index is 2.08. The Bertz CT molecular complexity index is 638. The SMILES string of the molecule is C=CCNC(=O)c1ccc(OCc2ccccc2)c(OC)c1. The summed E-state index contributed by atoms with van der Waals surface area (Å²) in [6, 6.07) is 15.0. The number of hydrogen-bond acceptors (Lipinski definition) is 3. The van der Waals surface area contributed by atoms with Crippen LogP contribution in [0.15, 0.2) is 61.2 Å². The third-order valence-electron chi connectivity index (χ3n) is 3.07. The van der Waals surface area contributed by atoms with Crippen LogP contribution in [-0.2, 0) is 6.61 Å². The molecule has 22 heavy (non-hydrogen) atoms. The van der Waals surface area contributed by atoms with Gasteiger partial charge in [-0.15, -0.1) is 6.58 Å². The van der Waals surface area contributed by atoms with Gasteiger partial charge in [0.1, 0.15) is 6.61 Å². The minimum absolute atomic E-state index is 0.173. The Morgan fingerprint density at radius 3 is 2.64 bits per heavy atom. The number of rotatable bonds is 7. The average Bonchev–Trinajstić information content (AvgIpc) is 2.58. The molecule has 1 N–H and O–H groups in total. The Kier molecular flexibility index (Phi) is 5.60. The van der Waals surface area contributed by atoms with Gasteiger partial charge in [-0.05, 0) is 23.8 Å². The summed E-state index contributed by atoms with van der Waals surface area (Å²) in [5.74, 6) is 0.960. The first-order chi connectivity index (χ1) is 10.7. The molecule has 2 aromatic carbocycles. The maximum absolute atomic E-state index is 11.9. The van der Waals surface area contributed by atoms with Crippen molar-refractivity contribution in [1.29, 1.82) is 0 Å². The quantitative estimate of drug-likeness (QED) is 0.798. The standard InChI is InChI=1S/C18H19NO3/c1-3-11-19-18(20)15-9-10-16(17(12-15)21-2)22-13-14-7-5-4-6-8-14/h3-10,12H,1,11,13H2,2H3,(H,19,20). The van der Waals surface area contributed by atoms with E-state index >= 15 is 0 Å². The van der Waals surface area contributed by atoms with E-state index < -0.39 is 0 Å². The first-order valence-electron chi connectivity index (χ1n) is 6.98. The van der Waals surface area contributed by atoms with E-state index in [0.29, 0.717) is 30.2 Å². The lowest BCUT2D eigenvalue weighted by atomic mass is 10.2. The Morgan fingerprint density at radius 1 is 1.18 bits per heavy atom. The number of hydrogen-bond donors (Lipinski definition) is 1. The maximum Gasteiger partial charge on any atom is 0.251 e. The van der Waals surface area contributed by atoms with Gasteiger partial charge in [0.2, 0.25) is 0 Å². The molecule has 0 unspecified atom stereocenters. The van der Waals surface area contributed by atoms with E-state index in [4.69, 9.17) is 9.47 Å². The van der Waals surface area contributed by atoms with E-state index in [-0.39, 0.29) is 5.91 Å². The van der Waals surface area contributed by atoms with Gasteiger partial charge in [-0.25, -0.2) is 0 Å². The fourth-order valence-electron chi connectivity index (χ4n) is 1.93. The van der Waals surface area contributed by atoms with Crippen LogP contribution in [0.2, 0.25) is 0 Å². The third kappa shape index (κ3) is 4.12. The molecular formula is C18H19NO3. The summed E-state index contributed by atoms with van der Waals surface area (Å²) in [7, 11) is 1.55. The normalized spacial score (nSPS) is 9.86. The van der Waals surface area contributed by atoms with Gasteiger partial charge in [-0.3, -0.25) is 4.79 Å². The summed E-state index contributed by atoms with van der Waals surface area (Å²) in [4.78, 5) is 11.9. The lowest BCUT2D eigenvalue weighted by Gasteiger charge is -2.12. The molecule has 1 amide bonds. The minimum Gasteiger partial charge on any atom is -0.493 e. The molecule has 0 heterocycles. The molecule has 4 heteroatoms. The average molecular weight is 297 g/mol. The molecule has 4 nitrogen and oxygen atoms in total. The lowest BCUT2D eigenvalue weighted by molar-refractivity contribution is 0.0957. The number of methoxy groups -OCH3 is 1. The Hall–Kier alpha value is -2.75. The van der Waals surface area contributed by atoms with E-state index in [1.165, 1.54) is 0 Å². The highest BCUT2D eigenvalue weighted by molar-refractivity contribution is 5.94. The van der Waals surface area contributed by atoms with Crippen molar-refractivity contribution < 1.29 is 14.3 Å². The van der Waals surface area contributed by atoms with Gasteiger partial charge in [0.05, 0.1) is 7.11 Å². The van der Waals surface area contributed by atoms with Gasteiger partial charge in [-0.1, -0.05) is 36.4 Å². The molecule has 0 fully saturated rings. The summed E-state index contributed by atoms with van der Waals surface area (Å²) >= 11 is 0. The van der Waals surface area contributed by atoms with Crippen LogP contribution in [0.25, 0.3) is 0 Å². The zero-order valence-corrected chi connectivity index (χ0v) is 12.5. The van der Waals surface area contributed by atoms with Crippen LogP contribution in [0.4, 0.5) is 0 Å². The van der Waals surface area contributed by atoms with Crippen LogP contribution in [0.5, 0.6) is 11.5 Å². The van der Waals surface area contributed by atoms with Crippen LogP contribution in [0.3, 0.4) is 0 Å². The predicted octanol–water partition coefficient (Wildman–Crippen LogP) is 3.19. The van der Waals surface area contributed by atoms with Gasteiger partial charge in [0, 0.05) is 12.1 Å². The van der Waals surface area contributed by atoms with Gasteiger partial charge < -0.3 is 14.8 Å². The third-order valence-corrected chi connectivity index (χ3v) is 3.07. The molecule has 0 spiro atoms. The number of ether oxygens (including phenoxy) is 2. The molecule has 2 aromatic rings. The molecule has 0 radical (unpaired) electrons. The Morgan fingerprint density at radius 2 is 1.95 bits per heavy atom.